The van der Waals surface area contributed by atoms with Crippen molar-refractivity contribution < 1.29 is 8.78 Å². The van der Waals surface area contributed by atoms with Gasteiger partial charge in [0.1, 0.15) is 6.07 Å². The van der Waals surface area contributed by atoms with Crippen molar-refractivity contribution in [1.29, 1.82) is 5.26 Å². The highest BCUT2D eigenvalue weighted by atomic mass is 35.5. The second-order valence-corrected chi connectivity index (χ2v) is 2.58. The first-order chi connectivity index (χ1) is 6.07. The second kappa shape index (κ2) is 3.54. The molecule has 0 atom stereocenters. The van der Waals surface area contributed by atoms with E-state index in [-0.39, 0.29) is 16.4 Å². The van der Waals surface area contributed by atoms with Gasteiger partial charge in [-0.15, -0.1) is 0 Å². The Kier molecular flexibility index (Phi) is 2.63. The summed E-state index contributed by atoms with van der Waals surface area (Å²) < 4.78 is 24.6. The molecule has 13 heavy (non-hydrogen) atoms. The minimum absolute atomic E-state index is 0.209. The molecule has 3 nitrogen and oxygen atoms in total. The summed E-state index contributed by atoms with van der Waals surface area (Å²) in [5.74, 6) is 0. The van der Waals surface area contributed by atoms with E-state index >= 15 is 0 Å². The van der Waals surface area contributed by atoms with Gasteiger partial charge in [-0.25, -0.2) is 13.8 Å². The summed E-state index contributed by atoms with van der Waals surface area (Å²) in [7, 11) is 0. The summed E-state index contributed by atoms with van der Waals surface area (Å²) in [6, 6.07) is 1.59. The molecule has 0 radical (unpaired) electrons. The van der Waals surface area contributed by atoms with E-state index in [9.17, 15) is 8.78 Å². The fourth-order valence-electron chi connectivity index (χ4n) is 0.814. The van der Waals surface area contributed by atoms with Crippen LogP contribution in [0.5, 0.6) is 0 Å². The predicted octanol–water partition coefficient (Wildman–Crippen LogP) is 2.13. The maximum Gasteiger partial charge on any atom is 0.267 e. The number of anilines is 1. The molecule has 68 valence electrons. The maximum atomic E-state index is 12.3. The highest BCUT2D eigenvalue weighted by molar-refractivity contribution is 6.32. The van der Waals surface area contributed by atoms with E-state index in [1.54, 1.807) is 6.07 Å². The molecule has 0 unspecified atom stereocenters. The molecule has 6 heteroatoms. The van der Waals surface area contributed by atoms with Gasteiger partial charge in [-0.1, -0.05) is 11.6 Å². The van der Waals surface area contributed by atoms with E-state index in [4.69, 9.17) is 22.6 Å². The van der Waals surface area contributed by atoms with E-state index in [2.05, 4.69) is 4.98 Å². The molecule has 0 aliphatic heterocycles. The smallest absolute Gasteiger partial charge is 0.267 e. The zero-order chi connectivity index (χ0) is 10.0. The van der Waals surface area contributed by atoms with E-state index in [0.717, 1.165) is 6.20 Å². The molecule has 0 spiro atoms. The summed E-state index contributed by atoms with van der Waals surface area (Å²) in [6.45, 7) is 0. The lowest BCUT2D eigenvalue weighted by atomic mass is 10.2. The van der Waals surface area contributed by atoms with Gasteiger partial charge in [0.15, 0.2) is 5.69 Å². The van der Waals surface area contributed by atoms with Gasteiger partial charge in [-0.05, 0) is 0 Å². The molecule has 0 saturated carbocycles. The maximum absolute atomic E-state index is 12.3. The molecule has 2 N–H and O–H groups in total. The molecule has 1 heterocycles. The summed E-state index contributed by atoms with van der Waals surface area (Å²) >= 11 is 5.46. The number of nitrogen functional groups attached to an aromatic ring is 1. The molecule has 0 amide bonds. The number of hydrogen-bond acceptors (Lipinski definition) is 3. The average molecular weight is 204 g/mol. The van der Waals surface area contributed by atoms with Gasteiger partial charge in [-0.3, -0.25) is 0 Å². The Morgan fingerprint density at radius 2 is 2.23 bits per heavy atom. The van der Waals surface area contributed by atoms with Gasteiger partial charge in [0, 0.05) is 0 Å². The van der Waals surface area contributed by atoms with Crippen LogP contribution in [-0.4, -0.2) is 4.98 Å². The number of pyridine rings is 1. The Labute approximate surface area is 77.7 Å². The van der Waals surface area contributed by atoms with Gasteiger partial charge < -0.3 is 5.73 Å². The van der Waals surface area contributed by atoms with Crippen LogP contribution in [0.15, 0.2) is 6.20 Å². The molecular weight excluding hydrogens is 200 g/mol. The number of alkyl halides is 2. The van der Waals surface area contributed by atoms with Crippen molar-refractivity contribution in [2.75, 3.05) is 5.73 Å². The lowest BCUT2D eigenvalue weighted by Gasteiger charge is -2.06. The highest BCUT2D eigenvalue weighted by Crippen LogP contribution is 2.32. The molecule has 1 rings (SSSR count). The third kappa shape index (κ3) is 1.68. The Bertz CT molecular complexity index is 373. The van der Waals surface area contributed by atoms with Crippen molar-refractivity contribution in [1.82, 2.24) is 4.98 Å². The SMILES string of the molecule is N#Cc1ncc(N)c(C(F)F)c1Cl. The van der Waals surface area contributed by atoms with Crippen LogP contribution < -0.4 is 5.73 Å². The number of halogens is 3. The van der Waals surface area contributed by atoms with Crippen LogP contribution in [-0.2, 0) is 0 Å². The minimum atomic E-state index is -2.80. The van der Waals surface area contributed by atoms with Crippen LogP contribution >= 0.6 is 11.6 Å². The third-order valence-corrected chi connectivity index (χ3v) is 1.79. The number of nitrogens with two attached hydrogens (primary N) is 1. The topological polar surface area (TPSA) is 62.7 Å². The zero-order valence-electron chi connectivity index (χ0n) is 6.26. The number of aromatic nitrogens is 1. The molecule has 0 aliphatic carbocycles. The van der Waals surface area contributed by atoms with E-state index in [1.807, 2.05) is 0 Å². The molecule has 0 fully saturated rings. The van der Waals surface area contributed by atoms with E-state index in [1.165, 1.54) is 0 Å². The Morgan fingerprint density at radius 3 is 2.69 bits per heavy atom. The molecule has 0 aromatic carbocycles. The summed E-state index contributed by atoms with van der Waals surface area (Å²) in [5.41, 5.74) is 4.22. The average Bonchev–Trinajstić information content (AvgIpc) is 2.04. The Morgan fingerprint density at radius 1 is 1.62 bits per heavy atom. The van der Waals surface area contributed by atoms with E-state index < -0.39 is 12.0 Å². The first kappa shape index (κ1) is 9.68. The molecule has 0 bridgehead atoms. The van der Waals surface area contributed by atoms with Gasteiger partial charge in [0.25, 0.3) is 6.43 Å². The predicted molar refractivity (Wildman–Crippen MR) is 43.3 cm³/mol. The first-order valence-corrected chi connectivity index (χ1v) is 3.57. The molecule has 0 saturated heterocycles. The zero-order valence-corrected chi connectivity index (χ0v) is 7.02. The molecule has 1 aromatic rings. The summed E-state index contributed by atoms with van der Waals surface area (Å²) in [4.78, 5) is 3.49. The fourth-order valence-corrected chi connectivity index (χ4v) is 1.10. The monoisotopic (exact) mass is 203 g/mol. The highest BCUT2D eigenvalue weighted by Gasteiger charge is 2.19. The molecular formula is C7H4ClF2N3. The normalized spacial score (nSPS) is 10.1. The first-order valence-electron chi connectivity index (χ1n) is 3.20. The van der Waals surface area contributed by atoms with Crippen LogP contribution in [0.2, 0.25) is 5.02 Å². The standard InChI is InChI=1S/C7H4ClF2N3/c8-6-4(1-11)13-2-3(12)5(6)7(9)10/h2,7H,12H2. The number of rotatable bonds is 1. The number of hydrogen-bond donors (Lipinski definition) is 1. The summed E-state index contributed by atoms with van der Waals surface area (Å²) in [6.07, 6.45) is -1.81. The van der Waals surface area contributed by atoms with Crippen molar-refractivity contribution in [2.45, 2.75) is 6.43 Å². The van der Waals surface area contributed by atoms with Crippen molar-refractivity contribution in [3.63, 3.8) is 0 Å². The summed E-state index contributed by atoms with van der Waals surface area (Å²) in [5, 5.41) is 8.06. The minimum Gasteiger partial charge on any atom is -0.397 e. The molecule has 0 aliphatic rings. The lowest BCUT2D eigenvalue weighted by molar-refractivity contribution is 0.152. The third-order valence-electron chi connectivity index (χ3n) is 1.41. The fraction of sp³-hybridized carbons (Fsp3) is 0.143. The van der Waals surface area contributed by atoms with Crippen molar-refractivity contribution in [2.24, 2.45) is 0 Å². The molecule has 1 aromatic heterocycles. The Balaban J connectivity index is 3.41. The van der Waals surface area contributed by atoms with Crippen LogP contribution in [0, 0.1) is 11.3 Å². The number of nitriles is 1. The largest absolute Gasteiger partial charge is 0.397 e. The van der Waals surface area contributed by atoms with Gasteiger partial charge in [-0.2, -0.15) is 5.26 Å². The van der Waals surface area contributed by atoms with Crippen molar-refractivity contribution >= 4 is 17.3 Å². The van der Waals surface area contributed by atoms with Gasteiger partial charge >= 0.3 is 0 Å². The van der Waals surface area contributed by atoms with Crippen molar-refractivity contribution in [3.05, 3.63) is 22.5 Å². The van der Waals surface area contributed by atoms with Gasteiger partial charge in [0.05, 0.1) is 22.5 Å². The van der Waals surface area contributed by atoms with Crippen LogP contribution in [0.4, 0.5) is 14.5 Å². The van der Waals surface area contributed by atoms with Crippen LogP contribution in [0.25, 0.3) is 0 Å². The Hall–Kier alpha value is -1.41. The van der Waals surface area contributed by atoms with E-state index in [0.29, 0.717) is 0 Å². The number of nitrogens with zero attached hydrogens (tertiary/aromatic N) is 2. The van der Waals surface area contributed by atoms with Crippen molar-refractivity contribution in [3.8, 4) is 6.07 Å². The van der Waals surface area contributed by atoms with Crippen LogP contribution in [0.1, 0.15) is 17.7 Å². The quantitative estimate of drug-likeness (QED) is 0.761. The second-order valence-electron chi connectivity index (χ2n) is 2.20. The lowest BCUT2D eigenvalue weighted by Crippen LogP contribution is -1.99. The van der Waals surface area contributed by atoms with Crippen LogP contribution in [0.3, 0.4) is 0 Å². The van der Waals surface area contributed by atoms with Gasteiger partial charge in [0.2, 0.25) is 0 Å².